The summed E-state index contributed by atoms with van der Waals surface area (Å²) in [7, 11) is 0. The Morgan fingerprint density at radius 1 is 1.11 bits per heavy atom. The number of hydrogen-bond acceptors (Lipinski definition) is 5. The van der Waals surface area contributed by atoms with Crippen LogP contribution in [-0.2, 0) is 9.53 Å². The van der Waals surface area contributed by atoms with Gasteiger partial charge in [-0.15, -0.1) is 0 Å². The molecule has 2 heterocycles. The van der Waals surface area contributed by atoms with Crippen molar-refractivity contribution in [2.24, 2.45) is 0 Å². The molecule has 0 aromatic heterocycles. The normalized spacial score (nSPS) is 20.4. The maximum atomic E-state index is 13.6. The molecular weight excluding hydrogens is 511 g/mol. The number of carbonyl (C=O) groups excluding carboxylic acids is 3. The Balaban J connectivity index is 1.63. The minimum Gasteiger partial charge on any atom is -0.463 e. The van der Waals surface area contributed by atoms with Crippen LogP contribution in [0.5, 0.6) is 0 Å². The number of amides is 3. The van der Waals surface area contributed by atoms with E-state index in [4.69, 9.17) is 16.3 Å². The number of halogens is 2. The molecule has 0 unspecified atom stereocenters. The number of hydrogen-bond donors (Lipinski definition) is 1. The van der Waals surface area contributed by atoms with Crippen LogP contribution in [0.4, 0.5) is 9.18 Å². The fraction of sp³-hybridized carbons (Fsp3) is 0.393. The van der Waals surface area contributed by atoms with Gasteiger partial charge in [0, 0.05) is 44.5 Å². The van der Waals surface area contributed by atoms with Gasteiger partial charge in [-0.05, 0) is 50.6 Å². The average molecular weight is 543 g/mol. The second-order valence-corrected chi connectivity index (χ2v) is 9.73. The van der Waals surface area contributed by atoms with Crippen LogP contribution < -0.4 is 5.32 Å². The summed E-state index contributed by atoms with van der Waals surface area (Å²) in [4.78, 5) is 45.0. The molecule has 0 radical (unpaired) electrons. The molecule has 0 saturated carbocycles. The van der Waals surface area contributed by atoms with E-state index in [1.54, 1.807) is 48.2 Å². The quantitative estimate of drug-likeness (QED) is 0.530. The highest BCUT2D eigenvalue weighted by atomic mass is 35.5. The maximum Gasteiger partial charge on any atom is 0.338 e. The van der Waals surface area contributed by atoms with Crippen molar-refractivity contribution in [2.75, 3.05) is 39.3 Å². The first kappa shape index (κ1) is 27.6. The standard InChI is InChI=1S/C28H32ClFN4O4/c1-4-33-23(17-32-14-15-34(18(3)16-32)26(35)21-8-6-7-9-22(21)29)24(27(36)38-5-2)25(31-28(33)37)19-10-12-20(30)13-11-19/h6-13,18,25H,4-5,14-17H2,1-3H3,(H,31,37)/t18-,25+/m1/s1. The molecule has 2 aromatic rings. The predicted molar refractivity (Wildman–Crippen MR) is 142 cm³/mol. The van der Waals surface area contributed by atoms with E-state index in [0.717, 1.165) is 0 Å². The van der Waals surface area contributed by atoms with E-state index in [2.05, 4.69) is 10.2 Å². The smallest absolute Gasteiger partial charge is 0.338 e. The van der Waals surface area contributed by atoms with Crippen molar-refractivity contribution in [1.82, 2.24) is 20.0 Å². The first-order chi connectivity index (χ1) is 18.2. The lowest BCUT2D eigenvalue weighted by Gasteiger charge is -2.43. The Kier molecular flexibility index (Phi) is 8.69. The van der Waals surface area contributed by atoms with Crippen molar-refractivity contribution < 1.29 is 23.5 Å². The van der Waals surface area contributed by atoms with Gasteiger partial charge in [0.25, 0.3) is 5.91 Å². The number of likely N-dealkylation sites (N-methyl/N-ethyl adjacent to an activating group) is 1. The van der Waals surface area contributed by atoms with Crippen LogP contribution in [0.25, 0.3) is 0 Å². The number of ether oxygens (including phenoxy) is 1. The van der Waals surface area contributed by atoms with E-state index < -0.39 is 17.8 Å². The zero-order valence-electron chi connectivity index (χ0n) is 21.7. The fourth-order valence-electron chi connectivity index (χ4n) is 5.04. The van der Waals surface area contributed by atoms with Crippen LogP contribution >= 0.6 is 11.6 Å². The first-order valence-corrected chi connectivity index (χ1v) is 13.1. The number of carbonyl (C=O) groups is 3. The van der Waals surface area contributed by atoms with Crippen LogP contribution in [0.2, 0.25) is 5.02 Å². The monoisotopic (exact) mass is 542 g/mol. The highest BCUT2D eigenvalue weighted by molar-refractivity contribution is 6.33. The molecule has 2 aromatic carbocycles. The Morgan fingerprint density at radius 3 is 2.45 bits per heavy atom. The Morgan fingerprint density at radius 2 is 1.82 bits per heavy atom. The topological polar surface area (TPSA) is 82.2 Å². The van der Waals surface area contributed by atoms with Gasteiger partial charge in [-0.3, -0.25) is 14.6 Å². The molecule has 1 saturated heterocycles. The van der Waals surface area contributed by atoms with Crippen LogP contribution in [0.1, 0.15) is 42.7 Å². The van der Waals surface area contributed by atoms with E-state index in [-0.39, 0.29) is 24.6 Å². The van der Waals surface area contributed by atoms with Crippen molar-refractivity contribution in [2.45, 2.75) is 32.9 Å². The van der Waals surface area contributed by atoms with Crippen molar-refractivity contribution in [3.8, 4) is 0 Å². The molecule has 2 aliphatic heterocycles. The van der Waals surface area contributed by atoms with Gasteiger partial charge < -0.3 is 15.0 Å². The van der Waals surface area contributed by atoms with Gasteiger partial charge in [-0.25, -0.2) is 14.0 Å². The number of nitrogens with one attached hydrogen (secondary N) is 1. The van der Waals surface area contributed by atoms with Crippen molar-refractivity contribution in [1.29, 1.82) is 0 Å². The molecule has 1 fully saturated rings. The SMILES string of the molecule is CCOC(=O)C1=C(CN2CCN(C(=O)c3ccccc3Cl)[C@H](C)C2)N(CC)C(=O)N[C@H]1c1ccc(F)cc1. The summed E-state index contributed by atoms with van der Waals surface area (Å²) < 4.78 is 19.0. The van der Waals surface area contributed by atoms with Crippen molar-refractivity contribution >= 4 is 29.5 Å². The van der Waals surface area contributed by atoms with Crippen LogP contribution in [0.3, 0.4) is 0 Å². The summed E-state index contributed by atoms with van der Waals surface area (Å²) in [6.07, 6.45) is 0. The molecule has 202 valence electrons. The van der Waals surface area contributed by atoms with Crippen molar-refractivity contribution in [3.05, 3.63) is 81.8 Å². The number of benzene rings is 2. The van der Waals surface area contributed by atoms with E-state index >= 15 is 0 Å². The lowest BCUT2D eigenvalue weighted by Crippen LogP contribution is -2.56. The second-order valence-electron chi connectivity index (χ2n) is 9.32. The van der Waals surface area contributed by atoms with Gasteiger partial charge in [-0.1, -0.05) is 35.9 Å². The van der Waals surface area contributed by atoms with E-state index in [1.165, 1.54) is 17.0 Å². The first-order valence-electron chi connectivity index (χ1n) is 12.8. The molecule has 2 atom stereocenters. The minimum atomic E-state index is -0.777. The summed E-state index contributed by atoms with van der Waals surface area (Å²) in [5, 5.41) is 3.30. The molecule has 0 aliphatic carbocycles. The van der Waals surface area contributed by atoms with Crippen LogP contribution in [0.15, 0.2) is 59.8 Å². The van der Waals surface area contributed by atoms with Gasteiger partial charge in [0.05, 0.1) is 28.8 Å². The van der Waals surface area contributed by atoms with Crippen molar-refractivity contribution in [3.63, 3.8) is 0 Å². The number of rotatable bonds is 7. The van der Waals surface area contributed by atoms with E-state index in [0.29, 0.717) is 60.1 Å². The predicted octanol–water partition coefficient (Wildman–Crippen LogP) is 4.23. The Hall–Kier alpha value is -3.43. The third-order valence-electron chi connectivity index (χ3n) is 6.90. The molecule has 2 aliphatic rings. The lowest BCUT2D eigenvalue weighted by molar-refractivity contribution is -0.139. The molecule has 4 rings (SSSR count). The van der Waals surface area contributed by atoms with Gasteiger partial charge in [0.2, 0.25) is 0 Å². The van der Waals surface area contributed by atoms with E-state index in [1.807, 2.05) is 13.8 Å². The van der Waals surface area contributed by atoms with Gasteiger partial charge >= 0.3 is 12.0 Å². The largest absolute Gasteiger partial charge is 0.463 e. The van der Waals surface area contributed by atoms with Gasteiger partial charge in [-0.2, -0.15) is 0 Å². The third kappa shape index (κ3) is 5.68. The molecule has 3 amide bonds. The number of esters is 1. The number of urea groups is 1. The molecular formula is C28H32ClFN4O4. The highest BCUT2D eigenvalue weighted by Crippen LogP contribution is 2.32. The summed E-state index contributed by atoms with van der Waals surface area (Å²) in [6, 6.07) is 11.5. The number of nitrogens with zero attached hydrogens (tertiary/aromatic N) is 3. The van der Waals surface area contributed by atoms with Gasteiger partial charge in [0.1, 0.15) is 5.82 Å². The maximum absolute atomic E-state index is 13.6. The molecule has 1 N–H and O–H groups in total. The fourth-order valence-corrected chi connectivity index (χ4v) is 5.26. The highest BCUT2D eigenvalue weighted by Gasteiger charge is 2.39. The Bertz CT molecular complexity index is 1240. The summed E-state index contributed by atoms with van der Waals surface area (Å²) in [6.45, 7) is 7.90. The second kappa shape index (κ2) is 12.0. The zero-order chi connectivity index (χ0) is 27.4. The lowest BCUT2D eigenvalue weighted by atomic mass is 9.94. The van der Waals surface area contributed by atoms with Crippen LogP contribution in [-0.4, -0.2) is 78.0 Å². The summed E-state index contributed by atoms with van der Waals surface area (Å²) in [5.41, 5.74) is 1.91. The third-order valence-corrected chi connectivity index (χ3v) is 7.23. The molecule has 0 bridgehead atoms. The van der Waals surface area contributed by atoms with Gasteiger partial charge in [0.15, 0.2) is 0 Å². The summed E-state index contributed by atoms with van der Waals surface area (Å²) >= 11 is 6.26. The minimum absolute atomic E-state index is 0.125. The number of piperazine rings is 1. The molecule has 10 heteroatoms. The zero-order valence-corrected chi connectivity index (χ0v) is 22.5. The van der Waals surface area contributed by atoms with E-state index in [9.17, 15) is 18.8 Å². The van der Waals surface area contributed by atoms with Crippen LogP contribution in [0, 0.1) is 5.82 Å². The summed E-state index contributed by atoms with van der Waals surface area (Å²) in [5.74, 6) is -1.07. The molecule has 0 spiro atoms. The average Bonchev–Trinajstić information content (AvgIpc) is 2.89. The Labute approximate surface area is 227 Å². The molecule has 8 nitrogen and oxygen atoms in total. The molecule has 38 heavy (non-hydrogen) atoms.